The molecule has 1 amide bonds. The monoisotopic (exact) mass is 496 g/mol. The zero-order chi connectivity index (χ0) is 25.5. The molecule has 10 heteroatoms. The van der Waals surface area contributed by atoms with Gasteiger partial charge in [0.25, 0.3) is 5.91 Å². The van der Waals surface area contributed by atoms with Crippen molar-refractivity contribution in [1.29, 1.82) is 0 Å². The molecule has 6 rings (SSSR count). The summed E-state index contributed by atoms with van der Waals surface area (Å²) < 4.78 is 5.40. The molecule has 1 saturated heterocycles. The Morgan fingerprint density at radius 1 is 1.08 bits per heavy atom. The van der Waals surface area contributed by atoms with Crippen LogP contribution in [0.5, 0.6) is 5.75 Å². The van der Waals surface area contributed by atoms with E-state index in [1.54, 1.807) is 4.90 Å². The number of hydrogen-bond acceptors (Lipinski definition) is 9. The molecule has 1 aromatic carbocycles. The van der Waals surface area contributed by atoms with Gasteiger partial charge >= 0.3 is 0 Å². The van der Waals surface area contributed by atoms with Crippen molar-refractivity contribution in [2.45, 2.75) is 43.2 Å². The summed E-state index contributed by atoms with van der Waals surface area (Å²) in [6.45, 7) is 1.34. The van der Waals surface area contributed by atoms with Crippen molar-refractivity contribution >= 4 is 23.2 Å². The van der Waals surface area contributed by atoms with Crippen molar-refractivity contribution < 1.29 is 39.5 Å². The lowest BCUT2D eigenvalue weighted by molar-refractivity contribution is -0.157. The number of primary amides is 1. The number of morpholine rings is 1. The molecule has 0 unspecified atom stereocenters. The molecule has 6 N–H and O–H groups in total. The Bertz CT molecular complexity index is 1270. The fourth-order valence-corrected chi connectivity index (χ4v) is 6.73. The minimum atomic E-state index is -2.62. The molecule has 2 saturated carbocycles. The van der Waals surface area contributed by atoms with Gasteiger partial charge in [0.1, 0.15) is 22.8 Å². The Morgan fingerprint density at radius 3 is 2.42 bits per heavy atom. The minimum absolute atomic E-state index is 0.102. The number of ketones is 2. The second-order valence-corrected chi connectivity index (χ2v) is 10.4. The Hall–Kier alpha value is -3.21. The lowest BCUT2D eigenvalue weighted by Crippen LogP contribution is -2.67. The van der Waals surface area contributed by atoms with E-state index in [9.17, 15) is 34.8 Å². The van der Waals surface area contributed by atoms with Crippen LogP contribution in [0.15, 0.2) is 29.0 Å². The molecule has 190 valence electrons. The molecule has 0 bridgehead atoms. The van der Waals surface area contributed by atoms with Crippen LogP contribution >= 0.6 is 0 Å². The normalized spacial score (nSPS) is 32.8. The topological polar surface area (TPSA) is 171 Å². The van der Waals surface area contributed by atoms with Crippen molar-refractivity contribution in [3.05, 3.63) is 45.7 Å². The summed E-state index contributed by atoms with van der Waals surface area (Å²) in [6, 6.07) is 2.27. The number of aliphatic hydroxyl groups is 3. The van der Waals surface area contributed by atoms with E-state index in [1.165, 1.54) is 6.07 Å². The number of carbonyl (C=O) groups excluding carboxylic acids is 3. The van der Waals surface area contributed by atoms with Crippen molar-refractivity contribution in [1.82, 2.24) is 4.90 Å². The Kier molecular flexibility index (Phi) is 5.09. The number of carbonyl (C=O) groups is 3. The SMILES string of the molecule is NC(=O)C1=C(O)[C@@]2(O)C(=O)C3=C(O)c4c(O)ccc(C5CC5)c4C[C@H]3C[C@H]2[C@@H](N2CCOCC2)C1=O. The fraction of sp³-hybridized carbons (Fsp3) is 0.500. The molecule has 3 fully saturated rings. The number of hydrogen-bond donors (Lipinski definition) is 5. The number of Topliss-reactive ketones (excluding diaryl/α,β-unsaturated/α-hetero) is 2. The molecular weight excluding hydrogens is 468 g/mol. The van der Waals surface area contributed by atoms with E-state index in [4.69, 9.17) is 10.5 Å². The number of phenols is 1. The maximum Gasteiger partial charge on any atom is 0.255 e. The van der Waals surface area contributed by atoms with Gasteiger partial charge in [-0.05, 0) is 54.7 Å². The Balaban J connectivity index is 1.54. The van der Waals surface area contributed by atoms with Crippen LogP contribution in [0.3, 0.4) is 0 Å². The molecule has 10 nitrogen and oxygen atoms in total. The van der Waals surface area contributed by atoms with Gasteiger partial charge in [-0.25, -0.2) is 0 Å². The third-order valence-electron chi connectivity index (χ3n) is 8.54. The average molecular weight is 497 g/mol. The number of aliphatic hydroxyl groups excluding tert-OH is 2. The molecule has 1 heterocycles. The highest BCUT2D eigenvalue weighted by molar-refractivity contribution is 6.24. The largest absolute Gasteiger partial charge is 0.508 e. The average Bonchev–Trinajstić information content (AvgIpc) is 3.67. The first kappa shape index (κ1) is 23.2. The van der Waals surface area contributed by atoms with Gasteiger partial charge in [-0.2, -0.15) is 0 Å². The van der Waals surface area contributed by atoms with Crippen LogP contribution in [0.4, 0.5) is 0 Å². The van der Waals surface area contributed by atoms with Crippen LogP contribution in [-0.2, 0) is 25.5 Å². The summed E-state index contributed by atoms with van der Waals surface area (Å²) in [4.78, 5) is 41.4. The van der Waals surface area contributed by atoms with Crippen LogP contribution in [0.1, 0.15) is 41.9 Å². The van der Waals surface area contributed by atoms with E-state index in [1.807, 2.05) is 6.07 Å². The number of aromatic hydroxyl groups is 1. The first-order valence-electron chi connectivity index (χ1n) is 12.3. The number of rotatable bonds is 3. The highest BCUT2D eigenvalue weighted by Crippen LogP contribution is 2.54. The number of phenolic OH excluding ortho intramolecular Hbond substituents is 1. The van der Waals surface area contributed by atoms with E-state index >= 15 is 0 Å². The number of amides is 1. The van der Waals surface area contributed by atoms with Gasteiger partial charge < -0.3 is 30.9 Å². The molecule has 1 aromatic rings. The van der Waals surface area contributed by atoms with Crippen molar-refractivity contribution in [3.63, 3.8) is 0 Å². The molecule has 5 aliphatic rings. The molecule has 0 spiro atoms. The molecule has 4 atom stereocenters. The highest BCUT2D eigenvalue weighted by atomic mass is 16.5. The van der Waals surface area contributed by atoms with Gasteiger partial charge in [0.2, 0.25) is 5.78 Å². The number of nitrogens with two attached hydrogens (primary N) is 1. The van der Waals surface area contributed by atoms with Crippen LogP contribution in [0, 0.1) is 11.8 Å². The molecule has 1 aliphatic heterocycles. The lowest BCUT2D eigenvalue weighted by atomic mass is 9.57. The predicted octanol–water partition coefficient (Wildman–Crippen LogP) is 0.612. The summed E-state index contributed by atoms with van der Waals surface area (Å²) in [5.74, 6) is -5.92. The van der Waals surface area contributed by atoms with E-state index in [-0.39, 0.29) is 23.3 Å². The standard InChI is InChI=1S/C26H28N2O8/c27-25(34)19-22(31)20(28-5-7-36-8-6-28)15-10-12-9-14-13(11-1-2-11)3-4-16(29)18(14)21(30)17(12)23(32)26(15,35)24(19)33/h3-4,11-12,15,20,29-30,33,35H,1-2,5-10H2,(H2,27,34)/t12-,15-,20+,26-/m0/s1. The Morgan fingerprint density at radius 2 is 1.78 bits per heavy atom. The first-order valence-corrected chi connectivity index (χ1v) is 12.3. The molecule has 0 radical (unpaired) electrons. The fourth-order valence-electron chi connectivity index (χ4n) is 6.73. The van der Waals surface area contributed by atoms with Gasteiger partial charge in [-0.15, -0.1) is 0 Å². The molecule has 36 heavy (non-hydrogen) atoms. The number of fused-ring (bicyclic) bond motifs is 3. The van der Waals surface area contributed by atoms with Crippen LogP contribution < -0.4 is 5.73 Å². The van der Waals surface area contributed by atoms with Gasteiger partial charge in [0, 0.05) is 24.6 Å². The molecule has 0 aromatic heterocycles. The molecular formula is C26H28N2O8. The quantitative estimate of drug-likeness (QED) is 0.376. The van der Waals surface area contributed by atoms with Gasteiger partial charge in [0.15, 0.2) is 11.4 Å². The smallest absolute Gasteiger partial charge is 0.255 e. The number of nitrogens with zero attached hydrogens (tertiary/aromatic N) is 1. The zero-order valence-electron chi connectivity index (χ0n) is 19.6. The van der Waals surface area contributed by atoms with Crippen LogP contribution in [0.2, 0.25) is 0 Å². The first-order chi connectivity index (χ1) is 17.2. The lowest BCUT2D eigenvalue weighted by Gasteiger charge is -2.51. The van der Waals surface area contributed by atoms with Crippen molar-refractivity contribution in [2.75, 3.05) is 26.3 Å². The Labute approximate surface area is 206 Å². The van der Waals surface area contributed by atoms with E-state index in [0.717, 1.165) is 24.0 Å². The van der Waals surface area contributed by atoms with Crippen LogP contribution in [-0.4, -0.2) is 80.7 Å². The maximum atomic E-state index is 13.9. The second kappa shape index (κ2) is 7.89. The summed E-state index contributed by atoms with van der Waals surface area (Å²) in [5, 5.41) is 44.7. The number of benzene rings is 1. The van der Waals surface area contributed by atoms with E-state index in [2.05, 4.69) is 0 Å². The van der Waals surface area contributed by atoms with E-state index in [0.29, 0.717) is 38.6 Å². The summed E-state index contributed by atoms with van der Waals surface area (Å²) in [6.07, 6.45) is 2.44. The van der Waals surface area contributed by atoms with Crippen molar-refractivity contribution in [3.8, 4) is 5.75 Å². The maximum absolute atomic E-state index is 13.9. The summed E-state index contributed by atoms with van der Waals surface area (Å²) in [5.41, 5.74) is 3.83. The molecule has 4 aliphatic carbocycles. The van der Waals surface area contributed by atoms with Gasteiger partial charge in [-0.1, -0.05) is 6.07 Å². The third-order valence-corrected chi connectivity index (χ3v) is 8.54. The van der Waals surface area contributed by atoms with Gasteiger partial charge in [0.05, 0.1) is 24.8 Å². The second-order valence-electron chi connectivity index (χ2n) is 10.4. The summed E-state index contributed by atoms with van der Waals surface area (Å²) >= 11 is 0. The van der Waals surface area contributed by atoms with E-state index < -0.39 is 58.0 Å². The third kappa shape index (κ3) is 3.04. The number of ether oxygens (including phenoxy) is 1. The van der Waals surface area contributed by atoms with Crippen LogP contribution in [0.25, 0.3) is 5.76 Å². The minimum Gasteiger partial charge on any atom is -0.508 e. The van der Waals surface area contributed by atoms with Crippen molar-refractivity contribution in [2.24, 2.45) is 17.6 Å². The highest BCUT2D eigenvalue weighted by Gasteiger charge is 2.64. The summed E-state index contributed by atoms with van der Waals surface area (Å²) in [7, 11) is 0. The van der Waals surface area contributed by atoms with Gasteiger partial charge in [-0.3, -0.25) is 19.3 Å². The predicted molar refractivity (Wildman–Crippen MR) is 125 cm³/mol. The zero-order valence-corrected chi connectivity index (χ0v) is 19.6.